The normalized spacial score (nSPS) is 22.2. The highest BCUT2D eigenvalue weighted by molar-refractivity contribution is 6.31. The maximum Gasteiger partial charge on any atom is 0.220 e. The van der Waals surface area contributed by atoms with Crippen molar-refractivity contribution in [3.8, 4) is 6.07 Å². The number of rotatable bonds is 4. The van der Waals surface area contributed by atoms with Gasteiger partial charge in [0.25, 0.3) is 0 Å². The number of nitrogens with one attached hydrogen (secondary N) is 1. The summed E-state index contributed by atoms with van der Waals surface area (Å²) in [6.45, 7) is 0.677. The number of hydrogen-bond donors (Lipinski definition) is 2. The molecule has 1 aliphatic rings. The monoisotopic (exact) mass is 291 g/mol. The van der Waals surface area contributed by atoms with Crippen LogP contribution in [0.15, 0.2) is 18.2 Å². The molecule has 0 radical (unpaired) electrons. The summed E-state index contributed by atoms with van der Waals surface area (Å²) in [6.07, 6.45) is 3.63. The van der Waals surface area contributed by atoms with Crippen LogP contribution in [-0.4, -0.2) is 11.9 Å². The Kier molecular flexibility index (Phi) is 4.99. The van der Waals surface area contributed by atoms with Gasteiger partial charge in [0.2, 0.25) is 5.91 Å². The molecule has 0 atom stereocenters. The van der Waals surface area contributed by atoms with Crippen LogP contribution in [-0.2, 0) is 11.3 Å². The average Bonchev–Trinajstić information content (AvgIpc) is 2.46. The highest BCUT2D eigenvalue weighted by Gasteiger charge is 2.24. The maximum atomic E-state index is 11.1. The van der Waals surface area contributed by atoms with Gasteiger partial charge >= 0.3 is 0 Å². The van der Waals surface area contributed by atoms with Crippen LogP contribution in [0, 0.1) is 17.2 Å². The highest BCUT2D eigenvalue weighted by atomic mass is 35.5. The Balaban J connectivity index is 1.85. The molecule has 106 valence electrons. The van der Waals surface area contributed by atoms with Crippen molar-refractivity contribution >= 4 is 17.5 Å². The first kappa shape index (κ1) is 14.8. The van der Waals surface area contributed by atoms with Crippen LogP contribution in [0.3, 0.4) is 0 Å². The summed E-state index contributed by atoms with van der Waals surface area (Å²) in [5.74, 6) is -0.148. The second-order valence-corrected chi connectivity index (χ2v) is 5.66. The van der Waals surface area contributed by atoms with E-state index in [0.29, 0.717) is 23.2 Å². The molecule has 1 fully saturated rings. The maximum absolute atomic E-state index is 11.1. The number of amides is 1. The molecule has 1 aromatic carbocycles. The van der Waals surface area contributed by atoms with E-state index in [9.17, 15) is 4.79 Å². The van der Waals surface area contributed by atoms with Gasteiger partial charge in [-0.05, 0) is 43.4 Å². The molecule has 3 N–H and O–H groups in total. The summed E-state index contributed by atoms with van der Waals surface area (Å²) in [6, 6.07) is 7.80. The Hall–Kier alpha value is -1.57. The molecular formula is C15H18ClN3O. The van der Waals surface area contributed by atoms with E-state index in [1.807, 2.05) is 6.07 Å². The molecule has 0 bridgehead atoms. The van der Waals surface area contributed by atoms with Crippen molar-refractivity contribution < 1.29 is 4.79 Å². The van der Waals surface area contributed by atoms with Crippen molar-refractivity contribution in [1.29, 1.82) is 5.26 Å². The first-order chi connectivity index (χ1) is 9.60. The lowest BCUT2D eigenvalue weighted by molar-refractivity contribution is -0.122. The van der Waals surface area contributed by atoms with Gasteiger partial charge in [0.1, 0.15) is 0 Å². The third kappa shape index (κ3) is 3.72. The minimum absolute atomic E-state index is 0.0338. The van der Waals surface area contributed by atoms with Gasteiger partial charge in [0, 0.05) is 23.5 Å². The number of nitrogens with two attached hydrogens (primary N) is 1. The van der Waals surface area contributed by atoms with Gasteiger partial charge in [-0.2, -0.15) is 5.26 Å². The largest absolute Gasteiger partial charge is 0.369 e. The molecule has 0 aliphatic heterocycles. The lowest BCUT2D eigenvalue weighted by Crippen LogP contribution is -2.36. The van der Waals surface area contributed by atoms with Gasteiger partial charge < -0.3 is 11.1 Å². The van der Waals surface area contributed by atoms with Gasteiger partial charge in [-0.1, -0.05) is 17.7 Å². The van der Waals surface area contributed by atoms with Gasteiger partial charge in [0.05, 0.1) is 11.6 Å². The van der Waals surface area contributed by atoms with E-state index in [1.165, 1.54) is 0 Å². The zero-order valence-corrected chi connectivity index (χ0v) is 12.0. The molecule has 1 aromatic rings. The zero-order valence-electron chi connectivity index (χ0n) is 11.2. The Morgan fingerprint density at radius 3 is 2.65 bits per heavy atom. The molecule has 0 aromatic heterocycles. The zero-order chi connectivity index (χ0) is 14.5. The molecule has 0 saturated heterocycles. The predicted octanol–water partition coefficient (Wildman–Crippen LogP) is 2.35. The van der Waals surface area contributed by atoms with Gasteiger partial charge in [-0.25, -0.2) is 0 Å². The third-order valence-corrected chi connectivity index (χ3v) is 4.24. The summed E-state index contributed by atoms with van der Waals surface area (Å²) >= 11 is 6.14. The van der Waals surface area contributed by atoms with Crippen LogP contribution < -0.4 is 11.1 Å². The number of carbonyl (C=O) groups is 1. The van der Waals surface area contributed by atoms with Crippen LogP contribution in [0.5, 0.6) is 0 Å². The van der Waals surface area contributed by atoms with E-state index in [4.69, 9.17) is 22.6 Å². The number of benzene rings is 1. The van der Waals surface area contributed by atoms with Crippen molar-refractivity contribution in [1.82, 2.24) is 5.32 Å². The number of primary amides is 1. The topological polar surface area (TPSA) is 78.9 Å². The standard InChI is InChI=1S/C15H18ClN3O/c16-14-7-10(8-17)1-2-12(14)9-19-13-5-3-11(4-6-13)15(18)20/h1-2,7,11,13,19H,3-6,9H2,(H2,18,20). The number of nitriles is 1. The van der Waals surface area contributed by atoms with Crippen LogP contribution in [0.25, 0.3) is 0 Å². The van der Waals surface area contributed by atoms with E-state index in [0.717, 1.165) is 31.2 Å². The molecule has 2 rings (SSSR count). The second kappa shape index (κ2) is 6.74. The Morgan fingerprint density at radius 1 is 1.40 bits per heavy atom. The molecule has 1 saturated carbocycles. The fourth-order valence-electron chi connectivity index (χ4n) is 2.60. The first-order valence-electron chi connectivity index (χ1n) is 6.81. The number of nitrogens with zero attached hydrogens (tertiary/aromatic N) is 1. The van der Waals surface area contributed by atoms with Gasteiger partial charge in [-0.3, -0.25) is 4.79 Å². The summed E-state index contributed by atoms with van der Waals surface area (Å²) in [7, 11) is 0. The smallest absolute Gasteiger partial charge is 0.220 e. The summed E-state index contributed by atoms with van der Waals surface area (Å²) in [5, 5.41) is 12.9. The number of halogens is 1. The highest BCUT2D eigenvalue weighted by Crippen LogP contribution is 2.25. The van der Waals surface area contributed by atoms with Gasteiger partial charge in [0.15, 0.2) is 0 Å². The lowest BCUT2D eigenvalue weighted by atomic mass is 9.85. The number of carbonyl (C=O) groups excluding carboxylic acids is 1. The van der Waals surface area contributed by atoms with E-state index in [-0.39, 0.29) is 11.8 Å². The minimum Gasteiger partial charge on any atom is -0.369 e. The van der Waals surface area contributed by atoms with E-state index < -0.39 is 0 Å². The van der Waals surface area contributed by atoms with Crippen LogP contribution >= 0.6 is 11.6 Å². The Labute approximate surface area is 123 Å². The van der Waals surface area contributed by atoms with Crippen molar-refractivity contribution in [2.75, 3.05) is 0 Å². The predicted molar refractivity (Wildman–Crippen MR) is 77.9 cm³/mol. The fourth-order valence-corrected chi connectivity index (χ4v) is 2.84. The Morgan fingerprint density at radius 2 is 2.10 bits per heavy atom. The molecule has 5 heteroatoms. The van der Waals surface area contributed by atoms with Crippen LogP contribution in [0.2, 0.25) is 5.02 Å². The van der Waals surface area contributed by atoms with E-state index in [1.54, 1.807) is 12.1 Å². The molecule has 0 unspecified atom stereocenters. The lowest BCUT2D eigenvalue weighted by Gasteiger charge is -2.27. The average molecular weight is 292 g/mol. The molecular weight excluding hydrogens is 274 g/mol. The van der Waals surface area contributed by atoms with Crippen molar-refractivity contribution in [3.63, 3.8) is 0 Å². The first-order valence-corrected chi connectivity index (χ1v) is 7.19. The van der Waals surface area contributed by atoms with Gasteiger partial charge in [-0.15, -0.1) is 0 Å². The molecule has 20 heavy (non-hydrogen) atoms. The summed E-state index contributed by atoms with van der Waals surface area (Å²) < 4.78 is 0. The minimum atomic E-state index is -0.182. The van der Waals surface area contributed by atoms with E-state index >= 15 is 0 Å². The van der Waals surface area contributed by atoms with Crippen molar-refractivity contribution in [3.05, 3.63) is 34.3 Å². The van der Waals surface area contributed by atoms with E-state index in [2.05, 4.69) is 11.4 Å². The van der Waals surface area contributed by atoms with Crippen molar-refractivity contribution in [2.24, 2.45) is 11.7 Å². The Bertz CT molecular complexity index is 530. The third-order valence-electron chi connectivity index (χ3n) is 3.89. The van der Waals surface area contributed by atoms with Crippen LogP contribution in [0.1, 0.15) is 36.8 Å². The number of hydrogen-bond acceptors (Lipinski definition) is 3. The second-order valence-electron chi connectivity index (χ2n) is 5.25. The summed E-state index contributed by atoms with van der Waals surface area (Å²) in [4.78, 5) is 11.1. The molecule has 1 amide bonds. The summed E-state index contributed by atoms with van der Waals surface area (Å²) in [5.41, 5.74) is 6.88. The molecule has 1 aliphatic carbocycles. The van der Waals surface area contributed by atoms with Crippen LogP contribution in [0.4, 0.5) is 0 Å². The molecule has 0 spiro atoms. The fraction of sp³-hybridized carbons (Fsp3) is 0.467. The molecule has 4 nitrogen and oxygen atoms in total. The molecule has 0 heterocycles. The quantitative estimate of drug-likeness (QED) is 0.893. The van der Waals surface area contributed by atoms with Crippen molar-refractivity contribution in [2.45, 2.75) is 38.3 Å². The SMILES string of the molecule is N#Cc1ccc(CNC2CCC(C(N)=O)CC2)c(Cl)c1.